The Kier molecular flexibility index (Phi) is 4.31. The summed E-state index contributed by atoms with van der Waals surface area (Å²) < 4.78 is 13.7. The van der Waals surface area contributed by atoms with E-state index in [2.05, 4.69) is 32.5 Å². The maximum Gasteiger partial charge on any atom is 0.259 e. The van der Waals surface area contributed by atoms with Crippen LogP contribution in [-0.2, 0) is 6.42 Å². The van der Waals surface area contributed by atoms with E-state index in [-0.39, 0.29) is 11.4 Å². The Morgan fingerprint density at radius 3 is 2.62 bits per heavy atom. The molecular weight excluding hydrogens is 331 g/mol. The van der Waals surface area contributed by atoms with Crippen molar-refractivity contribution in [2.24, 2.45) is 0 Å². The number of hydrogen-bond donors (Lipinski definition) is 1. The molecule has 130 valence electrons. The van der Waals surface area contributed by atoms with Crippen LogP contribution in [0.1, 0.15) is 22.3 Å². The van der Waals surface area contributed by atoms with Crippen LogP contribution in [0.25, 0.3) is 0 Å². The molecule has 1 aromatic heterocycles. The van der Waals surface area contributed by atoms with Crippen molar-refractivity contribution >= 4 is 23.2 Å². The van der Waals surface area contributed by atoms with E-state index in [1.165, 1.54) is 23.8 Å². The lowest BCUT2D eigenvalue weighted by atomic mass is 10.0. The average Bonchev–Trinajstić information content (AvgIpc) is 2.68. The second-order valence-corrected chi connectivity index (χ2v) is 6.09. The molecule has 1 aliphatic rings. The number of rotatable bonds is 3. The molecule has 0 saturated carbocycles. The van der Waals surface area contributed by atoms with Gasteiger partial charge < -0.3 is 10.2 Å². The summed E-state index contributed by atoms with van der Waals surface area (Å²) in [6, 6.07) is 17.6. The van der Waals surface area contributed by atoms with Crippen LogP contribution in [-0.4, -0.2) is 22.6 Å². The first-order valence-electron chi connectivity index (χ1n) is 8.47. The quantitative estimate of drug-likeness (QED) is 0.779. The molecule has 0 radical (unpaired) electrons. The molecule has 1 aliphatic heterocycles. The standard InChI is InChI=1S/C20H17FN4O/c21-16-9-3-2-8-15(16)20(26)22-18-11-12-19(24-23-18)25-13-5-7-14-6-1-4-10-17(14)25/h1-4,6,8-12H,5,7,13H2,(H,22,23,26). The molecule has 6 heteroatoms. The van der Waals surface area contributed by atoms with Crippen LogP contribution in [0, 0.1) is 5.82 Å². The molecule has 0 unspecified atom stereocenters. The van der Waals surface area contributed by atoms with Gasteiger partial charge in [0.25, 0.3) is 5.91 Å². The highest BCUT2D eigenvalue weighted by Crippen LogP contribution is 2.32. The van der Waals surface area contributed by atoms with E-state index in [1.807, 2.05) is 18.2 Å². The summed E-state index contributed by atoms with van der Waals surface area (Å²) in [5.74, 6) is -0.110. The van der Waals surface area contributed by atoms with Crippen molar-refractivity contribution in [1.29, 1.82) is 0 Å². The fraction of sp³-hybridized carbons (Fsp3) is 0.150. The Morgan fingerprint density at radius 2 is 1.81 bits per heavy atom. The zero-order valence-corrected chi connectivity index (χ0v) is 14.0. The molecule has 0 saturated heterocycles. The number of amides is 1. The van der Waals surface area contributed by atoms with Gasteiger partial charge in [0.2, 0.25) is 0 Å². The van der Waals surface area contributed by atoms with Gasteiger partial charge in [-0.1, -0.05) is 30.3 Å². The Morgan fingerprint density at radius 1 is 1.00 bits per heavy atom. The highest BCUT2D eigenvalue weighted by atomic mass is 19.1. The third-order valence-corrected chi connectivity index (χ3v) is 4.40. The highest BCUT2D eigenvalue weighted by molar-refractivity contribution is 6.03. The van der Waals surface area contributed by atoms with Crippen LogP contribution < -0.4 is 10.2 Å². The molecule has 4 rings (SSSR count). The molecule has 2 aromatic carbocycles. The first-order valence-corrected chi connectivity index (χ1v) is 8.47. The topological polar surface area (TPSA) is 58.1 Å². The van der Waals surface area contributed by atoms with Crippen molar-refractivity contribution in [3.8, 4) is 0 Å². The van der Waals surface area contributed by atoms with Gasteiger partial charge in [-0.05, 0) is 48.7 Å². The number of aromatic nitrogens is 2. The Hall–Kier alpha value is -3.28. The maximum absolute atomic E-state index is 13.7. The lowest BCUT2D eigenvalue weighted by Gasteiger charge is -2.29. The van der Waals surface area contributed by atoms with E-state index >= 15 is 0 Å². The molecule has 0 bridgehead atoms. The number of anilines is 3. The first kappa shape index (κ1) is 16.2. The van der Waals surface area contributed by atoms with E-state index in [0.717, 1.165) is 30.9 Å². The number of nitrogens with one attached hydrogen (secondary N) is 1. The molecule has 26 heavy (non-hydrogen) atoms. The molecule has 0 fully saturated rings. The smallest absolute Gasteiger partial charge is 0.259 e. The van der Waals surface area contributed by atoms with E-state index in [4.69, 9.17) is 0 Å². The normalized spacial score (nSPS) is 13.2. The van der Waals surface area contributed by atoms with E-state index < -0.39 is 11.7 Å². The van der Waals surface area contributed by atoms with Crippen LogP contribution in [0.15, 0.2) is 60.7 Å². The lowest BCUT2D eigenvalue weighted by molar-refractivity contribution is 0.102. The third kappa shape index (κ3) is 3.13. The fourth-order valence-electron chi connectivity index (χ4n) is 3.14. The SMILES string of the molecule is O=C(Nc1ccc(N2CCCc3ccccc32)nn1)c1ccccc1F. The average molecular weight is 348 g/mol. The number of hydrogen-bond acceptors (Lipinski definition) is 4. The summed E-state index contributed by atoms with van der Waals surface area (Å²) in [7, 11) is 0. The summed E-state index contributed by atoms with van der Waals surface area (Å²) >= 11 is 0. The fourth-order valence-corrected chi connectivity index (χ4v) is 3.14. The largest absolute Gasteiger partial charge is 0.325 e. The van der Waals surface area contributed by atoms with Gasteiger partial charge in [0.1, 0.15) is 5.82 Å². The lowest BCUT2D eigenvalue weighted by Crippen LogP contribution is -2.25. The number of carbonyl (C=O) groups excluding carboxylic acids is 1. The van der Waals surface area contributed by atoms with Crippen LogP contribution in [0.3, 0.4) is 0 Å². The number of para-hydroxylation sites is 1. The van der Waals surface area contributed by atoms with Crippen molar-refractivity contribution in [3.63, 3.8) is 0 Å². The van der Waals surface area contributed by atoms with E-state index in [0.29, 0.717) is 0 Å². The summed E-state index contributed by atoms with van der Waals surface area (Å²) in [5.41, 5.74) is 2.40. The number of aryl methyl sites for hydroxylation is 1. The van der Waals surface area contributed by atoms with Crippen LogP contribution in [0.4, 0.5) is 21.7 Å². The molecule has 3 aromatic rings. The summed E-state index contributed by atoms with van der Waals surface area (Å²) in [4.78, 5) is 14.3. The third-order valence-electron chi connectivity index (χ3n) is 4.40. The molecule has 0 aliphatic carbocycles. The van der Waals surface area contributed by atoms with Gasteiger partial charge in [-0.2, -0.15) is 0 Å². The second kappa shape index (κ2) is 6.92. The maximum atomic E-state index is 13.7. The zero-order valence-electron chi connectivity index (χ0n) is 14.0. The van der Waals surface area contributed by atoms with E-state index in [1.54, 1.807) is 12.1 Å². The Balaban J connectivity index is 1.53. The molecular formula is C20H17FN4O. The number of carbonyl (C=O) groups is 1. The first-order chi connectivity index (χ1) is 12.7. The van der Waals surface area contributed by atoms with Crippen LogP contribution >= 0.6 is 0 Å². The van der Waals surface area contributed by atoms with Crippen LogP contribution in [0.2, 0.25) is 0 Å². The monoisotopic (exact) mass is 348 g/mol. The van der Waals surface area contributed by atoms with Crippen molar-refractivity contribution in [2.75, 3.05) is 16.8 Å². The van der Waals surface area contributed by atoms with Crippen molar-refractivity contribution in [1.82, 2.24) is 10.2 Å². The van der Waals surface area contributed by atoms with E-state index in [9.17, 15) is 9.18 Å². The van der Waals surface area contributed by atoms with Gasteiger partial charge in [0.15, 0.2) is 11.6 Å². The minimum Gasteiger partial charge on any atom is -0.325 e. The summed E-state index contributed by atoms with van der Waals surface area (Å²) in [6.07, 6.45) is 2.10. The van der Waals surface area contributed by atoms with Crippen molar-refractivity contribution in [3.05, 3.63) is 77.6 Å². The van der Waals surface area contributed by atoms with Gasteiger partial charge in [-0.3, -0.25) is 4.79 Å². The van der Waals surface area contributed by atoms with Gasteiger partial charge in [0, 0.05) is 12.2 Å². The molecule has 1 N–H and O–H groups in total. The van der Waals surface area contributed by atoms with Gasteiger partial charge in [-0.15, -0.1) is 10.2 Å². The number of benzene rings is 2. The molecule has 0 atom stereocenters. The van der Waals surface area contributed by atoms with Gasteiger partial charge >= 0.3 is 0 Å². The highest BCUT2D eigenvalue weighted by Gasteiger charge is 2.19. The van der Waals surface area contributed by atoms with Crippen LogP contribution in [0.5, 0.6) is 0 Å². The number of halogens is 1. The number of nitrogens with zero attached hydrogens (tertiary/aromatic N) is 3. The molecule has 5 nitrogen and oxygen atoms in total. The zero-order chi connectivity index (χ0) is 17.9. The second-order valence-electron chi connectivity index (χ2n) is 6.09. The summed E-state index contributed by atoms with van der Waals surface area (Å²) in [5, 5.41) is 10.9. The predicted octanol–water partition coefficient (Wildman–Crippen LogP) is 3.95. The van der Waals surface area contributed by atoms with Crippen molar-refractivity contribution in [2.45, 2.75) is 12.8 Å². The Labute approximate surface area is 150 Å². The predicted molar refractivity (Wildman–Crippen MR) is 98.2 cm³/mol. The minimum atomic E-state index is -0.570. The van der Waals surface area contributed by atoms with Crippen molar-refractivity contribution < 1.29 is 9.18 Å². The molecule has 1 amide bonds. The van der Waals surface area contributed by atoms with Gasteiger partial charge in [0.05, 0.1) is 5.56 Å². The van der Waals surface area contributed by atoms with Gasteiger partial charge in [-0.25, -0.2) is 4.39 Å². The molecule has 0 spiro atoms. The minimum absolute atomic E-state index is 0.0247. The Bertz CT molecular complexity index is 943. The summed E-state index contributed by atoms with van der Waals surface area (Å²) in [6.45, 7) is 0.868. The number of fused-ring (bicyclic) bond motifs is 1. The molecule has 2 heterocycles.